The maximum Gasteiger partial charge on any atom is 0.312 e. The Hall–Kier alpha value is -1.77. The van der Waals surface area contributed by atoms with Crippen molar-refractivity contribution in [2.45, 2.75) is 13.3 Å². The highest BCUT2D eigenvalue weighted by Crippen LogP contribution is 2.12. The number of para-hydroxylation sites is 1. The van der Waals surface area contributed by atoms with Gasteiger partial charge in [0.2, 0.25) is 0 Å². The molecule has 0 fully saturated rings. The summed E-state index contributed by atoms with van der Waals surface area (Å²) in [4.78, 5) is 13.3. The normalized spacial score (nSPS) is 9.56. The molecule has 0 atom stereocenters. The topological polar surface area (TPSA) is 29.5 Å². The summed E-state index contributed by atoms with van der Waals surface area (Å²) in [6.45, 7) is 6.94. The first-order valence-electron chi connectivity index (χ1n) is 5.38. The maximum atomic E-state index is 11.2. The van der Waals surface area contributed by atoms with Crippen molar-refractivity contribution in [1.29, 1.82) is 0 Å². The number of carbonyl (C=O) groups is 1. The van der Waals surface area contributed by atoms with Crippen LogP contribution in [0.2, 0.25) is 0 Å². The molecule has 0 bridgehead atoms. The molecule has 86 valence electrons. The largest absolute Gasteiger partial charge is 0.435 e. The lowest BCUT2D eigenvalue weighted by Crippen LogP contribution is -2.25. The number of hydrogen-bond acceptors (Lipinski definition) is 3. The molecule has 0 N–H and O–H groups in total. The third kappa shape index (κ3) is 3.77. The van der Waals surface area contributed by atoms with Crippen LogP contribution in [0.5, 0.6) is 0 Å². The summed E-state index contributed by atoms with van der Waals surface area (Å²) < 4.78 is 4.67. The molecule has 0 aliphatic heterocycles. The monoisotopic (exact) mass is 219 g/mol. The average molecular weight is 219 g/mol. The van der Waals surface area contributed by atoms with Crippen molar-refractivity contribution < 1.29 is 9.53 Å². The van der Waals surface area contributed by atoms with Crippen molar-refractivity contribution in [1.82, 2.24) is 0 Å². The molecule has 0 saturated carbocycles. The number of ether oxygens (including phenoxy) is 1. The fourth-order valence-electron chi connectivity index (χ4n) is 1.49. The van der Waals surface area contributed by atoms with Crippen LogP contribution in [-0.4, -0.2) is 19.1 Å². The van der Waals surface area contributed by atoms with E-state index in [0.29, 0.717) is 13.0 Å². The van der Waals surface area contributed by atoms with Crippen molar-refractivity contribution in [2.24, 2.45) is 0 Å². The molecule has 0 saturated heterocycles. The second kappa shape index (κ2) is 6.67. The van der Waals surface area contributed by atoms with Gasteiger partial charge in [0.15, 0.2) is 0 Å². The highest BCUT2D eigenvalue weighted by atomic mass is 16.5. The van der Waals surface area contributed by atoms with E-state index in [-0.39, 0.29) is 5.97 Å². The number of carbonyl (C=O) groups excluding carboxylic acids is 1. The highest BCUT2D eigenvalue weighted by Gasteiger charge is 2.07. The second-order valence-corrected chi connectivity index (χ2v) is 3.32. The third-order valence-electron chi connectivity index (χ3n) is 2.30. The van der Waals surface area contributed by atoms with Crippen LogP contribution in [0.3, 0.4) is 0 Å². The number of benzene rings is 1. The highest BCUT2D eigenvalue weighted by molar-refractivity contribution is 5.70. The number of nitrogens with zero attached hydrogens (tertiary/aromatic N) is 1. The van der Waals surface area contributed by atoms with E-state index in [2.05, 4.69) is 23.1 Å². The van der Waals surface area contributed by atoms with E-state index in [4.69, 9.17) is 0 Å². The van der Waals surface area contributed by atoms with E-state index in [0.717, 1.165) is 12.2 Å². The molecule has 0 aromatic heterocycles. The van der Waals surface area contributed by atoms with Gasteiger partial charge in [-0.2, -0.15) is 0 Å². The summed E-state index contributed by atoms with van der Waals surface area (Å²) in [6.07, 6.45) is 1.54. The minimum absolute atomic E-state index is 0.246. The van der Waals surface area contributed by atoms with Crippen molar-refractivity contribution in [3.8, 4) is 0 Å². The molecule has 0 unspecified atom stereocenters. The van der Waals surface area contributed by atoms with Crippen molar-refractivity contribution in [3.05, 3.63) is 43.2 Å². The summed E-state index contributed by atoms with van der Waals surface area (Å²) in [5.74, 6) is -0.246. The molecule has 1 aromatic carbocycles. The van der Waals surface area contributed by atoms with E-state index in [9.17, 15) is 4.79 Å². The fraction of sp³-hybridized carbons (Fsp3) is 0.308. The molecule has 3 nitrogen and oxygen atoms in total. The van der Waals surface area contributed by atoms with Gasteiger partial charge in [0, 0.05) is 18.8 Å². The first kappa shape index (κ1) is 12.3. The minimum atomic E-state index is -0.246. The van der Waals surface area contributed by atoms with Gasteiger partial charge in [-0.3, -0.25) is 4.79 Å². The van der Waals surface area contributed by atoms with Crippen molar-refractivity contribution in [2.75, 3.05) is 18.0 Å². The Morgan fingerprint density at radius 2 is 2.12 bits per heavy atom. The Balaban J connectivity index is 2.50. The van der Waals surface area contributed by atoms with Gasteiger partial charge in [0.1, 0.15) is 0 Å². The zero-order chi connectivity index (χ0) is 11.8. The standard InChI is InChI=1S/C13H17NO2/c1-3-14(11-10-13(15)16-4-2)12-8-6-5-7-9-12/h4-9H,2-3,10-11H2,1H3. The first-order chi connectivity index (χ1) is 7.77. The first-order valence-corrected chi connectivity index (χ1v) is 5.38. The van der Waals surface area contributed by atoms with Crippen LogP contribution in [-0.2, 0) is 9.53 Å². The van der Waals surface area contributed by atoms with Gasteiger partial charge in [0.25, 0.3) is 0 Å². The second-order valence-electron chi connectivity index (χ2n) is 3.32. The lowest BCUT2D eigenvalue weighted by Gasteiger charge is -2.22. The van der Waals surface area contributed by atoms with Crippen LogP contribution in [0, 0.1) is 0 Å². The lowest BCUT2D eigenvalue weighted by atomic mass is 10.2. The summed E-state index contributed by atoms with van der Waals surface area (Å²) in [5.41, 5.74) is 1.12. The summed E-state index contributed by atoms with van der Waals surface area (Å²) in [6, 6.07) is 10.0. The maximum absolute atomic E-state index is 11.2. The molecular formula is C13H17NO2. The Labute approximate surface area is 96.3 Å². The van der Waals surface area contributed by atoms with Gasteiger partial charge in [-0.25, -0.2) is 0 Å². The molecule has 1 rings (SSSR count). The van der Waals surface area contributed by atoms with Crippen LogP contribution < -0.4 is 4.90 Å². The smallest absolute Gasteiger partial charge is 0.312 e. The molecule has 1 aromatic rings. The number of hydrogen-bond donors (Lipinski definition) is 0. The lowest BCUT2D eigenvalue weighted by molar-refractivity contribution is -0.137. The Bertz CT molecular complexity index is 335. The van der Waals surface area contributed by atoms with Gasteiger partial charge in [-0.05, 0) is 19.1 Å². The van der Waals surface area contributed by atoms with Crippen LogP contribution in [0.15, 0.2) is 43.2 Å². The SMILES string of the molecule is C=COC(=O)CCN(CC)c1ccccc1. The fourth-order valence-corrected chi connectivity index (χ4v) is 1.49. The van der Waals surface area contributed by atoms with Gasteiger partial charge >= 0.3 is 5.97 Å². The molecular weight excluding hydrogens is 202 g/mol. The van der Waals surface area contributed by atoms with Crippen molar-refractivity contribution in [3.63, 3.8) is 0 Å². The van der Waals surface area contributed by atoms with Crippen molar-refractivity contribution >= 4 is 11.7 Å². The molecule has 0 amide bonds. The molecule has 16 heavy (non-hydrogen) atoms. The van der Waals surface area contributed by atoms with Crippen LogP contribution in [0.25, 0.3) is 0 Å². The van der Waals surface area contributed by atoms with Crippen LogP contribution in [0.4, 0.5) is 5.69 Å². The van der Waals surface area contributed by atoms with Crippen LogP contribution >= 0.6 is 0 Å². The number of rotatable bonds is 6. The number of anilines is 1. The molecule has 0 aliphatic carbocycles. The van der Waals surface area contributed by atoms with E-state index in [1.165, 1.54) is 6.26 Å². The third-order valence-corrected chi connectivity index (χ3v) is 2.30. The Kier molecular flexibility index (Phi) is 5.12. The zero-order valence-electron chi connectivity index (χ0n) is 9.56. The molecule has 0 spiro atoms. The molecule has 0 aliphatic rings. The summed E-state index contributed by atoms with van der Waals surface area (Å²) in [5, 5.41) is 0. The van der Waals surface area contributed by atoms with E-state index in [1.54, 1.807) is 0 Å². The Morgan fingerprint density at radius 3 is 2.69 bits per heavy atom. The Morgan fingerprint density at radius 1 is 1.44 bits per heavy atom. The van der Waals surface area contributed by atoms with E-state index >= 15 is 0 Å². The summed E-state index contributed by atoms with van der Waals surface area (Å²) in [7, 11) is 0. The zero-order valence-corrected chi connectivity index (χ0v) is 9.56. The predicted molar refractivity (Wildman–Crippen MR) is 65.2 cm³/mol. The molecule has 3 heteroatoms. The van der Waals surface area contributed by atoms with Gasteiger partial charge in [-0.15, -0.1) is 0 Å². The van der Waals surface area contributed by atoms with E-state index in [1.807, 2.05) is 30.3 Å². The predicted octanol–water partition coefficient (Wildman–Crippen LogP) is 2.59. The van der Waals surface area contributed by atoms with Crippen LogP contribution in [0.1, 0.15) is 13.3 Å². The molecule has 0 radical (unpaired) electrons. The van der Waals surface area contributed by atoms with E-state index < -0.39 is 0 Å². The van der Waals surface area contributed by atoms with Gasteiger partial charge < -0.3 is 9.64 Å². The van der Waals surface area contributed by atoms with Gasteiger partial charge in [0.05, 0.1) is 12.7 Å². The quantitative estimate of drug-likeness (QED) is 0.544. The summed E-state index contributed by atoms with van der Waals surface area (Å²) >= 11 is 0. The minimum Gasteiger partial charge on any atom is -0.435 e. The average Bonchev–Trinajstić information content (AvgIpc) is 2.31. The molecule has 0 heterocycles. The van der Waals surface area contributed by atoms with Gasteiger partial charge in [-0.1, -0.05) is 24.8 Å². The number of esters is 1.